The molecule has 0 unspecified atom stereocenters. The predicted molar refractivity (Wildman–Crippen MR) is 61.9 cm³/mol. The molecule has 19 heavy (non-hydrogen) atoms. The van der Waals surface area contributed by atoms with E-state index in [2.05, 4.69) is 0 Å². The molecule has 0 fully saturated rings. The topological polar surface area (TPSA) is 65.0 Å². The van der Waals surface area contributed by atoms with Crippen molar-refractivity contribution in [3.05, 3.63) is 30.0 Å². The number of carbonyl (C=O) groups is 1. The van der Waals surface area contributed by atoms with Gasteiger partial charge in [-0.15, -0.1) is 0 Å². The molecule has 0 aliphatic heterocycles. The molecule has 0 spiro atoms. The molecule has 0 amide bonds. The van der Waals surface area contributed by atoms with Crippen molar-refractivity contribution in [2.75, 3.05) is 14.2 Å². The number of carboxylic acid groups (broad SMARTS) is 1. The summed E-state index contributed by atoms with van der Waals surface area (Å²) in [6.45, 7) is 0. The molecule has 0 aliphatic carbocycles. The Morgan fingerprint density at radius 1 is 1.26 bits per heavy atom. The fourth-order valence-electron chi connectivity index (χ4n) is 1.27. The molecule has 1 aromatic carbocycles. The summed E-state index contributed by atoms with van der Waals surface area (Å²) in [4.78, 5) is 10.4. The van der Waals surface area contributed by atoms with E-state index in [1.165, 1.54) is 32.4 Å². The fraction of sp³-hybridized carbons (Fsp3) is 0.250. The second-order valence-corrected chi connectivity index (χ2v) is 3.30. The van der Waals surface area contributed by atoms with Crippen molar-refractivity contribution >= 4 is 5.97 Å². The summed E-state index contributed by atoms with van der Waals surface area (Å²) in [5.74, 6) is -1.78. The van der Waals surface area contributed by atoms with Crippen molar-refractivity contribution in [3.8, 4) is 17.2 Å². The summed E-state index contributed by atoms with van der Waals surface area (Å²) >= 11 is 0. The largest absolute Gasteiger partial charge is 0.493 e. The van der Waals surface area contributed by atoms with Crippen LogP contribution in [-0.4, -0.2) is 31.7 Å². The Morgan fingerprint density at radius 2 is 1.89 bits per heavy atom. The highest BCUT2D eigenvalue weighted by atomic mass is 19.3. The van der Waals surface area contributed by atoms with Crippen LogP contribution in [-0.2, 0) is 4.79 Å². The van der Waals surface area contributed by atoms with E-state index >= 15 is 0 Å². The van der Waals surface area contributed by atoms with Crippen LogP contribution in [0.15, 0.2) is 30.0 Å². The van der Waals surface area contributed by atoms with Crippen LogP contribution >= 0.6 is 0 Å². The van der Waals surface area contributed by atoms with E-state index in [-0.39, 0.29) is 11.5 Å². The van der Waals surface area contributed by atoms with Gasteiger partial charge in [0.1, 0.15) is 5.75 Å². The minimum absolute atomic E-state index is 0.0189. The van der Waals surface area contributed by atoms with Gasteiger partial charge in [-0.05, 0) is 12.1 Å². The maximum absolute atomic E-state index is 12.6. The van der Waals surface area contributed by atoms with E-state index in [4.69, 9.17) is 19.3 Å². The molecule has 0 saturated heterocycles. The van der Waals surface area contributed by atoms with Crippen molar-refractivity contribution in [2.45, 2.75) is 6.43 Å². The van der Waals surface area contributed by atoms with Crippen LogP contribution in [0, 0.1) is 0 Å². The Kier molecular flexibility index (Phi) is 5.11. The Hall–Kier alpha value is -2.31. The van der Waals surface area contributed by atoms with Gasteiger partial charge in [0.2, 0.25) is 0 Å². The summed E-state index contributed by atoms with van der Waals surface area (Å²) in [7, 11) is 2.80. The number of carboxylic acids is 1. The van der Waals surface area contributed by atoms with Crippen molar-refractivity contribution in [1.29, 1.82) is 0 Å². The van der Waals surface area contributed by atoms with Gasteiger partial charge in [0.25, 0.3) is 6.43 Å². The summed E-state index contributed by atoms with van der Waals surface area (Å²) < 4.78 is 39.9. The highest BCUT2D eigenvalue weighted by molar-refractivity contribution is 5.80. The molecule has 1 aromatic rings. The van der Waals surface area contributed by atoms with Crippen molar-refractivity contribution in [1.82, 2.24) is 0 Å². The fourth-order valence-corrected chi connectivity index (χ4v) is 1.27. The molecule has 104 valence electrons. The average Bonchev–Trinajstić information content (AvgIpc) is 2.37. The van der Waals surface area contributed by atoms with Gasteiger partial charge in [0, 0.05) is 6.07 Å². The number of methoxy groups -OCH3 is 2. The minimum atomic E-state index is -3.04. The van der Waals surface area contributed by atoms with Gasteiger partial charge in [-0.1, -0.05) is 0 Å². The summed E-state index contributed by atoms with van der Waals surface area (Å²) in [5, 5.41) is 8.46. The quantitative estimate of drug-likeness (QED) is 0.637. The van der Waals surface area contributed by atoms with E-state index in [9.17, 15) is 13.6 Å². The number of hydrogen-bond acceptors (Lipinski definition) is 4. The smallest absolute Gasteiger partial charge is 0.331 e. The first-order valence-electron chi connectivity index (χ1n) is 5.10. The number of allylic oxidation sites excluding steroid dienone is 1. The number of ether oxygens (including phenoxy) is 3. The first-order valence-corrected chi connectivity index (χ1v) is 5.10. The molecular weight excluding hydrogens is 262 g/mol. The van der Waals surface area contributed by atoms with Gasteiger partial charge < -0.3 is 19.3 Å². The molecule has 1 rings (SSSR count). The van der Waals surface area contributed by atoms with Crippen LogP contribution < -0.4 is 14.2 Å². The molecule has 0 aromatic heterocycles. The average molecular weight is 274 g/mol. The number of aliphatic carboxylic acids is 1. The predicted octanol–water partition coefficient (Wildman–Crippen LogP) is 2.32. The lowest BCUT2D eigenvalue weighted by Gasteiger charge is -2.12. The zero-order chi connectivity index (χ0) is 14.4. The van der Waals surface area contributed by atoms with E-state index in [0.29, 0.717) is 11.8 Å². The summed E-state index contributed by atoms with van der Waals surface area (Å²) in [6, 6.07) is 4.13. The van der Waals surface area contributed by atoms with Crippen molar-refractivity contribution < 1.29 is 32.9 Å². The lowest BCUT2D eigenvalue weighted by atomic mass is 10.3. The van der Waals surface area contributed by atoms with Crippen LogP contribution in [0.4, 0.5) is 8.78 Å². The SMILES string of the molecule is COc1ccc(O/C(=C/C(=O)O)C(F)F)cc1OC. The van der Waals surface area contributed by atoms with Gasteiger partial charge in [0.05, 0.1) is 20.3 Å². The summed E-state index contributed by atoms with van der Waals surface area (Å²) in [6.07, 6.45) is -2.73. The third kappa shape index (κ3) is 4.13. The summed E-state index contributed by atoms with van der Waals surface area (Å²) in [5.41, 5.74) is 0. The van der Waals surface area contributed by atoms with E-state index in [1.54, 1.807) is 0 Å². The number of hydrogen-bond donors (Lipinski definition) is 1. The maximum Gasteiger partial charge on any atom is 0.331 e. The second kappa shape index (κ2) is 6.58. The number of alkyl halides is 2. The molecule has 0 saturated carbocycles. The van der Waals surface area contributed by atoms with Crippen LogP contribution in [0.3, 0.4) is 0 Å². The van der Waals surface area contributed by atoms with Crippen LogP contribution in [0.5, 0.6) is 17.2 Å². The minimum Gasteiger partial charge on any atom is -0.493 e. The maximum atomic E-state index is 12.6. The van der Waals surface area contributed by atoms with Crippen LogP contribution in [0.1, 0.15) is 0 Å². The number of benzene rings is 1. The molecule has 0 aliphatic rings. The molecule has 0 bridgehead atoms. The van der Waals surface area contributed by atoms with Gasteiger partial charge >= 0.3 is 5.97 Å². The molecule has 5 nitrogen and oxygen atoms in total. The molecule has 0 radical (unpaired) electrons. The third-order valence-corrected chi connectivity index (χ3v) is 2.07. The molecular formula is C12H12F2O5. The van der Waals surface area contributed by atoms with Crippen LogP contribution in [0.25, 0.3) is 0 Å². The van der Waals surface area contributed by atoms with Gasteiger partial charge in [-0.2, -0.15) is 0 Å². The van der Waals surface area contributed by atoms with E-state index in [1.807, 2.05) is 0 Å². The Balaban J connectivity index is 3.01. The van der Waals surface area contributed by atoms with Crippen LogP contribution in [0.2, 0.25) is 0 Å². The van der Waals surface area contributed by atoms with Gasteiger partial charge in [-0.25, -0.2) is 13.6 Å². The van der Waals surface area contributed by atoms with Crippen molar-refractivity contribution in [2.24, 2.45) is 0 Å². The Labute approximate surface area is 108 Å². The lowest BCUT2D eigenvalue weighted by molar-refractivity contribution is -0.131. The highest BCUT2D eigenvalue weighted by Gasteiger charge is 2.16. The lowest BCUT2D eigenvalue weighted by Crippen LogP contribution is -2.08. The Morgan fingerprint density at radius 3 is 2.37 bits per heavy atom. The monoisotopic (exact) mass is 274 g/mol. The number of halogens is 2. The third-order valence-electron chi connectivity index (χ3n) is 2.07. The molecule has 0 atom stereocenters. The van der Waals surface area contributed by atoms with Gasteiger partial charge in [-0.3, -0.25) is 0 Å². The zero-order valence-corrected chi connectivity index (χ0v) is 10.2. The molecule has 7 heteroatoms. The highest BCUT2D eigenvalue weighted by Crippen LogP contribution is 2.32. The normalized spacial score (nSPS) is 11.3. The second-order valence-electron chi connectivity index (χ2n) is 3.30. The first-order chi connectivity index (χ1) is 8.97. The Bertz CT molecular complexity index is 485. The van der Waals surface area contributed by atoms with Gasteiger partial charge in [0.15, 0.2) is 17.3 Å². The van der Waals surface area contributed by atoms with E-state index in [0.717, 1.165) is 0 Å². The van der Waals surface area contributed by atoms with Crippen molar-refractivity contribution in [3.63, 3.8) is 0 Å². The number of rotatable bonds is 6. The zero-order valence-electron chi connectivity index (χ0n) is 10.2. The first kappa shape index (κ1) is 14.7. The molecule has 1 N–H and O–H groups in total. The standard InChI is InChI=1S/C12H12F2O5/c1-17-8-4-3-7(5-9(8)18-2)19-10(12(13)14)6-11(15)16/h3-6,12H,1-2H3,(H,15,16)/b10-6+. The molecule has 0 heterocycles. The van der Waals surface area contributed by atoms with E-state index < -0.39 is 18.2 Å².